The molecule has 122 valence electrons. The number of anilines is 3. The lowest BCUT2D eigenvalue weighted by Gasteiger charge is -2.33. The number of esters is 1. The summed E-state index contributed by atoms with van der Waals surface area (Å²) >= 11 is 0. The minimum Gasteiger partial charge on any atom is -0.462 e. The molecule has 0 radical (unpaired) electrons. The second-order valence-corrected chi connectivity index (χ2v) is 5.88. The Bertz CT molecular complexity index is 523. The number of rotatable bonds is 5. The highest BCUT2D eigenvalue weighted by Crippen LogP contribution is 2.33. The Balaban J connectivity index is 2.38. The van der Waals surface area contributed by atoms with E-state index in [4.69, 9.17) is 10.5 Å². The third kappa shape index (κ3) is 3.64. The van der Waals surface area contributed by atoms with Crippen LogP contribution >= 0.6 is 0 Å². The molecule has 0 aliphatic carbocycles. The van der Waals surface area contributed by atoms with Crippen molar-refractivity contribution in [3.05, 3.63) is 17.7 Å². The van der Waals surface area contributed by atoms with E-state index >= 15 is 0 Å². The molecule has 1 aliphatic heterocycles. The number of nitrogens with one attached hydrogen (secondary N) is 1. The monoisotopic (exact) mass is 305 g/mol. The Morgan fingerprint density at radius 2 is 2.05 bits per heavy atom. The average molecular weight is 305 g/mol. The second-order valence-electron chi connectivity index (χ2n) is 5.88. The topological polar surface area (TPSA) is 67.6 Å². The third-order valence-electron chi connectivity index (χ3n) is 4.15. The van der Waals surface area contributed by atoms with Gasteiger partial charge in [0, 0.05) is 19.6 Å². The molecule has 1 aromatic carbocycles. The van der Waals surface area contributed by atoms with Crippen LogP contribution in [0.25, 0.3) is 0 Å². The van der Waals surface area contributed by atoms with Crippen molar-refractivity contribution in [2.75, 3.05) is 42.2 Å². The van der Waals surface area contributed by atoms with Gasteiger partial charge in [-0.3, -0.25) is 0 Å². The minimum atomic E-state index is -0.300. The summed E-state index contributed by atoms with van der Waals surface area (Å²) in [4.78, 5) is 14.5. The van der Waals surface area contributed by atoms with Gasteiger partial charge in [0.05, 0.1) is 29.2 Å². The summed E-state index contributed by atoms with van der Waals surface area (Å²) in [6.07, 6.45) is 2.28. The first-order valence-corrected chi connectivity index (χ1v) is 8.16. The SMILES string of the molecule is CCNc1cc(N2CCC(C)CC2)c(C(=O)OCC)cc1N. The van der Waals surface area contributed by atoms with E-state index in [1.54, 1.807) is 6.07 Å². The summed E-state index contributed by atoms with van der Waals surface area (Å²) < 4.78 is 5.19. The molecule has 1 saturated heterocycles. The maximum atomic E-state index is 12.3. The largest absolute Gasteiger partial charge is 0.462 e. The summed E-state index contributed by atoms with van der Waals surface area (Å²) in [5, 5.41) is 3.26. The number of nitrogen functional groups attached to an aromatic ring is 1. The quantitative estimate of drug-likeness (QED) is 0.646. The van der Waals surface area contributed by atoms with Crippen molar-refractivity contribution in [3.63, 3.8) is 0 Å². The van der Waals surface area contributed by atoms with Gasteiger partial charge in [0.25, 0.3) is 0 Å². The van der Waals surface area contributed by atoms with Crippen molar-refractivity contribution in [2.24, 2.45) is 5.92 Å². The first-order valence-electron chi connectivity index (χ1n) is 8.16. The molecule has 0 atom stereocenters. The van der Waals surface area contributed by atoms with Crippen LogP contribution in [0.5, 0.6) is 0 Å². The Hall–Kier alpha value is -1.91. The fraction of sp³-hybridized carbons (Fsp3) is 0.588. The normalized spacial score (nSPS) is 15.7. The molecule has 0 amide bonds. The van der Waals surface area contributed by atoms with E-state index in [0.717, 1.165) is 49.8 Å². The lowest BCUT2D eigenvalue weighted by molar-refractivity contribution is 0.0527. The third-order valence-corrected chi connectivity index (χ3v) is 4.15. The van der Waals surface area contributed by atoms with E-state index < -0.39 is 0 Å². The van der Waals surface area contributed by atoms with Gasteiger partial charge in [-0.05, 0) is 44.7 Å². The predicted octanol–water partition coefficient (Wildman–Crippen LogP) is 3.11. The molecule has 1 heterocycles. The number of benzene rings is 1. The highest BCUT2D eigenvalue weighted by atomic mass is 16.5. The van der Waals surface area contributed by atoms with E-state index in [1.807, 2.05) is 19.9 Å². The minimum absolute atomic E-state index is 0.300. The van der Waals surface area contributed by atoms with Crippen LogP contribution < -0.4 is 16.0 Å². The Labute approximate surface area is 132 Å². The Morgan fingerprint density at radius 1 is 1.36 bits per heavy atom. The lowest BCUT2D eigenvalue weighted by atomic mass is 9.97. The number of carbonyl (C=O) groups is 1. The van der Waals surface area contributed by atoms with Crippen LogP contribution in [0, 0.1) is 5.92 Å². The van der Waals surface area contributed by atoms with E-state index in [1.165, 1.54) is 0 Å². The summed E-state index contributed by atoms with van der Waals surface area (Å²) in [5.41, 5.74) is 9.03. The van der Waals surface area contributed by atoms with E-state index in [0.29, 0.717) is 17.9 Å². The smallest absolute Gasteiger partial charge is 0.340 e. The van der Waals surface area contributed by atoms with Crippen molar-refractivity contribution < 1.29 is 9.53 Å². The lowest BCUT2D eigenvalue weighted by Crippen LogP contribution is -2.34. The zero-order chi connectivity index (χ0) is 16.1. The first kappa shape index (κ1) is 16.5. The summed E-state index contributed by atoms with van der Waals surface area (Å²) in [5.74, 6) is 0.440. The fourth-order valence-corrected chi connectivity index (χ4v) is 2.83. The number of ether oxygens (including phenoxy) is 1. The van der Waals surface area contributed by atoms with Crippen LogP contribution in [-0.2, 0) is 4.74 Å². The highest BCUT2D eigenvalue weighted by Gasteiger charge is 2.23. The van der Waals surface area contributed by atoms with Gasteiger partial charge in [0.2, 0.25) is 0 Å². The summed E-state index contributed by atoms with van der Waals surface area (Å²) in [6.45, 7) is 9.20. The van der Waals surface area contributed by atoms with Crippen LogP contribution in [0.3, 0.4) is 0 Å². The van der Waals surface area contributed by atoms with Crippen molar-refractivity contribution in [3.8, 4) is 0 Å². The average Bonchev–Trinajstić information content (AvgIpc) is 2.50. The van der Waals surface area contributed by atoms with Crippen molar-refractivity contribution >= 4 is 23.0 Å². The molecule has 2 rings (SSSR count). The second kappa shape index (κ2) is 7.38. The van der Waals surface area contributed by atoms with Crippen molar-refractivity contribution in [1.29, 1.82) is 0 Å². The zero-order valence-corrected chi connectivity index (χ0v) is 13.8. The van der Waals surface area contributed by atoms with Crippen LogP contribution in [0.1, 0.15) is 44.0 Å². The number of hydrogen-bond acceptors (Lipinski definition) is 5. The number of nitrogens with zero attached hydrogens (tertiary/aromatic N) is 1. The summed E-state index contributed by atoms with van der Waals surface area (Å²) in [6, 6.07) is 3.73. The van der Waals surface area contributed by atoms with Gasteiger partial charge < -0.3 is 20.7 Å². The van der Waals surface area contributed by atoms with Gasteiger partial charge in [0.1, 0.15) is 0 Å². The molecule has 0 bridgehead atoms. The molecular weight excluding hydrogens is 278 g/mol. The van der Waals surface area contributed by atoms with Gasteiger partial charge >= 0.3 is 5.97 Å². The number of carbonyl (C=O) groups excluding carboxylic acids is 1. The highest BCUT2D eigenvalue weighted by molar-refractivity contribution is 5.99. The first-order chi connectivity index (χ1) is 10.6. The van der Waals surface area contributed by atoms with E-state index in [-0.39, 0.29) is 5.97 Å². The van der Waals surface area contributed by atoms with Gasteiger partial charge in [-0.1, -0.05) is 6.92 Å². The van der Waals surface area contributed by atoms with Gasteiger partial charge in [-0.25, -0.2) is 4.79 Å². The number of piperidine rings is 1. The van der Waals surface area contributed by atoms with Gasteiger partial charge in [-0.2, -0.15) is 0 Å². The molecule has 1 aromatic rings. The summed E-state index contributed by atoms with van der Waals surface area (Å²) in [7, 11) is 0. The van der Waals surface area contributed by atoms with Crippen LogP contribution in [0.15, 0.2) is 12.1 Å². The van der Waals surface area contributed by atoms with Crippen LogP contribution in [-0.4, -0.2) is 32.2 Å². The fourth-order valence-electron chi connectivity index (χ4n) is 2.83. The molecule has 5 nitrogen and oxygen atoms in total. The predicted molar refractivity (Wildman–Crippen MR) is 91.6 cm³/mol. The maximum Gasteiger partial charge on any atom is 0.340 e. The Kier molecular flexibility index (Phi) is 5.52. The molecule has 3 N–H and O–H groups in total. The van der Waals surface area contributed by atoms with E-state index in [2.05, 4.69) is 17.1 Å². The zero-order valence-electron chi connectivity index (χ0n) is 13.8. The molecule has 1 fully saturated rings. The van der Waals surface area contributed by atoms with Crippen LogP contribution in [0.2, 0.25) is 0 Å². The molecular formula is C17H27N3O2. The molecule has 5 heteroatoms. The van der Waals surface area contributed by atoms with Gasteiger partial charge in [0.15, 0.2) is 0 Å². The number of hydrogen-bond donors (Lipinski definition) is 2. The van der Waals surface area contributed by atoms with E-state index in [9.17, 15) is 4.79 Å². The van der Waals surface area contributed by atoms with Crippen LogP contribution in [0.4, 0.5) is 17.1 Å². The molecule has 0 aromatic heterocycles. The molecule has 0 saturated carbocycles. The molecule has 0 unspecified atom stereocenters. The molecule has 1 aliphatic rings. The Morgan fingerprint density at radius 3 is 2.64 bits per heavy atom. The standard InChI is InChI=1S/C17H27N3O2/c1-4-19-15-11-16(20-8-6-12(3)7-9-20)13(10-14(15)18)17(21)22-5-2/h10-12,19H,4-9,18H2,1-3H3. The van der Waals surface area contributed by atoms with Gasteiger partial charge in [-0.15, -0.1) is 0 Å². The van der Waals surface area contributed by atoms with Crippen molar-refractivity contribution in [1.82, 2.24) is 0 Å². The number of nitrogens with two attached hydrogens (primary N) is 1. The molecule has 0 spiro atoms. The van der Waals surface area contributed by atoms with Crippen molar-refractivity contribution in [2.45, 2.75) is 33.6 Å². The maximum absolute atomic E-state index is 12.3. The molecule has 22 heavy (non-hydrogen) atoms.